The number of rotatable bonds is 5. The van der Waals surface area contributed by atoms with Crippen LogP contribution in [0.1, 0.15) is 48.4 Å². The summed E-state index contributed by atoms with van der Waals surface area (Å²) in [4.78, 5) is 0. The molecule has 0 unspecified atom stereocenters. The van der Waals surface area contributed by atoms with E-state index in [0.717, 1.165) is 71.9 Å². The van der Waals surface area contributed by atoms with Crippen LogP contribution in [0.3, 0.4) is 0 Å². The summed E-state index contributed by atoms with van der Waals surface area (Å²) < 4.78 is 15.1. The second kappa shape index (κ2) is 7.98. The predicted octanol–water partition coefficient (Wildman–Crippen LogP) is 6.86. The lowest BCUT2D eigenvalue weighted by atomic mass is 9.82. The number of halogens is 1. The number of nitrogens with zero attached hydrogens (tertiary/aromatic N) is 1. The number of fused-ring (bicyclic) bond motifs is 3. The molecule has 0 bridgehead atoms. The molecule has 0 aliphatic heterocycles. The highest BCUT2D eigenvalue weighted by Gasteiger charge is 2.21. The summed E-state index contributed by atoms with van der Waals surface area (Å²) in [5.41, 5.74) is 8.13. The molecule has 3 aromatic carbocycles. The van der Waals surface area contributed by atoms with Crippen LogP contribution in [0.15, 0.2) is 54.6 Å². The monoisotopic (exact) mass is 369 g/mol. The minimum absolute atomic E-state index is 0.00965. The van der Waals surface area contributed by atoms with E-state index in [9.17, 15) is 0 Å². The summed E-state index contributed by atoms with van der Waals surface area (Å²) in [6, 6.07) is 20.3. The van der Waals surface area contributed by atoms with Gasteiger partial charge in [0, 0.05) is 0 Å². The molecule has 0 fully saturated rings. The van der Waals surface area contributed by atoms with Crippen LogP contribution in [0.5, 0.6) is 0 Å². The zero-order valence-electron chi connectivity index (χ0n) is 16.3. The average molecular weight is 369 g/mol. The first-order chi connectivity index (χ1) is 13.7. The van der Waals surface area contributed by atoms with E-state index in [-0.39, 0.29) is 5.82 Å². The lowest BCUT2D eigenvalue weighted by molar-refractivity contribution is 0.582. The van der Waals surface area contributed by atoms with Gasteiger partial charge in [0.25, 0.3) is 0 Å². The van der Waals surface area contributed by atoms with Gasteiger partial charge in [-0.05, 0) is 76.8 Å². The lowest BCUT2D eigenvalue weighted by Gasteiger charge is -2.22. The number of aryl methyl sites for hydroxylation is 2. The van der Waals surface area contributed by atoms with Crippen LogP contribution in [0, 0.1) is 17.1 Å². The Morgan fingerprint density at radius 1 is 0.893 bits per heavy atom. The zero-order valence-corrected chi connectivity index (χ0v) is 16.3. The first-order valence-corrected chi connectivity index (χ1v) is 10.2. The third-order valence-electron chi connectivity index (χ3n) is 5.76. The lowest BCUT2D eigenvalue weighted by Crippen LogP contribution is -2.08. The van der Waals surface area contributed by atoms with Gasteiger partial charge >= 0.3 is 0 Å². The number of unbranched alkanes of at least 4 members (excludes halogenated alkanes) is 2. The minimum atomic E-state index is 0.00965. The normalized spacial score (nSPS) is 12.2. The van der Waals surface area contributed by atoms with Gasteiger partial charge < -0.3 is 0 Å². The van der Waals surface area contributed by atoms with Gasteiger partial charge in [0.05, 0.1) is 11.6 Å². The van der Waals surface area contributed by atoms with Gasteiger partial charge in [0.15, 0.2) is 0 Å². The predicted molar refractivity (Wildman–Crippen MR) is 113 cm³/mol. The fourth-order valence-electron chi connectivity index (χ4n) is 4.16. The quantitative estimate of drug-likeness (QED) is 0.451. The molecule has 1 aliphatic carbocycles. The number of nitriles is 1. The molecule has 0 atom stereocenters. The topological polar surface area (TPSA) is 23.8 Å². The van der Waals surface area contributed by atoms with Crippen molar-refractivity contribution in [3.05, 3.63) is 82.7 Å². The molecule has 1 aliphatic rings. The summed E-state index contributed by atoms with van der Waals surface area (Å²) in [5, 5.41) is 8.97. The molecule has 0 amide bonds. The smallest absolute Gasteiger partial charge is 0.130 e. The highest BCUT2D eigenvalue weighted by atomic mass is 19.1. The van der Waals surface area contributed by atoms with E-state index in [2.05, 4.69) is 37.3 Å². The van der Waals surface area contributed by atoms with Gasteiger partial charge in [0.1, 0.15) is 5.82 Å². The standard InChI is InChI=1S/C26H24FN/c1-2-3-4-5-20-10-14-24-23-13-11-21(19-8-6-18(17-28)7-9-19)16-22(23)12-15-25(24)26(20)27/h6-11,13-14,16H,2-5,12,15H2,1H3. The molecule has 0 saturated heterocycles. The van der Waals surface area contributed by atoms with E-state index in [4.69, 9.17) is 5.26 Å². The highest BCUT2D eigenvalue weighted by Crippen LogP contribution is 2.38. The van der Waals surface area contributed by atoms with Crippen molar-refractivity contribution in [3.63, 3.8) is 0 Å². The largest absolute Gasteiger partial charge is 0.206 e. The number of hydrogen-bond donors (Lipinski definition) is 0. The molecular weight excluding hydrogens is 345 g/mol. The molecule has 28 heavy (non-hydrogen) atoms. The summed E-state index contributed by atoms with van der Waals surface area (Å²) in [7, 11) is 0. The molecular formula is C26H24FN. The van der Waals surface area contributed by atoms with E-state index in [1.165, 1.54) is 5.56 Å². The first kappa shape index (κ1) is 18.4. The molecule has 0 saturated carbocycles. The first-order valence-electron chi connectivity index (χ1n) is 10.2. The fraction of sp³-hybridized carbons (Fsp3) is 0.269. The van der Waals surface area contributed by atoms with Crippen molar-refractivity contribution in [2.75, 3.05) is 0 Å². The van der Waals surface area contributed by atoms with Crippen molar-refractivity contribution in [1.29, 1.82) is 5.26 Å². The Morgan fingerprint density at radius 2 is 1.64 bits per heavy atom. The molecule has 140 valence electrons. The Bertz CT molecular complexity index is 1040. The third-order valence-corrected chi connectivity index (χ3v) is 5.76. The maximum Gasteiger partial charge on any atom is 0.130 e. The molecule has 0 spiro atoms. The van der Waals surface area contributed by atoms with Crippen molar-refractivity contribution in [3.8, 4) is 28.3 Å². The molecule has 0 radical (unpaired) electrons. The van der Waals surface area contributed by atoms with Gasteiger partial charge in [-0.2, -0.15) is 5.26 Å². The summed E-state index contributed by atoms with van der Waals surface area (Å²) in [6.45, 7) is 2.17. The van der Waals surface area contributed by atoms with Gasteiger partial charge in [-0.25, -0.2) is 4.39 Å². The molecule has 0 aromatic heterocycles. The molecule has 4 rings (SSSR count). The van der Waals surface area contributed by atoms with Crippen molar-refractivity contribution in [1.82, 2.24) is 0 Å². The van der Waals surface area contributed by atoms with Crippen LogP contribution in [0.4, 0.5) is 4.39 Å². The molecule has 0 heterocycles. The molecule has 0 N–H and O–H groups in total. The maximum absolute atomic E-state index is 15.1. The van der Waals surface area contributed by atoms with Crippen LogP contribution in [-0.2, 0) is 19.3 Å². The Morgan fingerprint density at radius 3 is 2.39 bits per heavy atom. The highest BCUT2D eigenvalue weighted by molar-refractivity contribution is 5.77. The maximum atomic E-state index is 15.1. The van der Waals surface area contributed by atoms with E-state index < -0.39 is 0 Å². The van der Waals surface area contributed by atoms with Gasteiger partial charge in [-0.3, -0.25) is 0 Å². The average Bonchev–Trinajstić information content (AvgIpc) is 2.75. The Kier molecular flexibility index (Phi) is 5.26. The van der Waals surface area contributed by atoms with E-state index >= 15 is 4.39 Å². The van der Waals surface area contributed by atoms with Gasteiger partial charge in [-0.1, -0.05) is 62.2 Å². The summed E-state index contributed by atoms with van der Waals surface area (Å²) in [6.07, 6.45) is 5.81. The Hall–Kier alpha value is -2.92. The van der Waals surface area contributed by atoms with Crippen molar-refractivity contribution >= 4 is 0 Å². The van der Waals surface area contributed by atoms with Crippen LogP contribution < -0.4 is 0 Å². The fourth-order valence-corrected chi connectivity index (χ4v) is 4.16. The number of benzene rings is 3. The molecule has 2 heteroatoms. The van der Waals surface area contributed by atoms with E-state index in [1.807, 2.05) is 30.3 Å². The van der Waals surface area contributed by atoms with Gasteiger partial charge in [-0.15, -0.1) is 0 Å². The van der Waals surface area contributed by atoms with Crippen molar-refractivity contribution in [2.45, 2.75) is 45.4 Å². The van der Waals surface area contributed by atoms with Crippen molar-refractivity contribution < 1.29 is 4.39 Å². The SMILES string of the molecule is CCCCCc1ccc2c(c1F)CCc1cc(-c3ccc(C#N)cc3)ccc1-2. The van der Waals surface area contributed by atoms with Gasteiger partial charge in [0.2, 0.25) is 0 Å². The van der Waals surface area contributed by atoms with Crippen molar-refractivity contribution in [2.24, 2.45) is 0 Å². The van der Waals surface area contributed by atoms with E-state index in [1.54, 1.807) is 0 Å². The van der Waals surface area contributed by atoms with Crippen LogP contribution in [0.2, 0.25) is 0 Å². The summed E-state index contributed by atoms with van der Waals surface area (Å²) in [5.74, 6) is 0.00965. The Labute approximate surface area is 166 Å². The van der Waals surface area contributed by atoms with Crippen LogP contribution in [-0.4, -0.2) is 0 Å². The minimum Gasteiger partial charge on any atom is -0.206 e. The molecule has 1 nitrogen and oxygen atoms in total. The van der Waals surface area contributed by atoms with Crippen LogP contribution >= 0.6 is 0 Å². The van der Waals surface area contributed by atoms with Crippen LogP contribution in [0.25, 0.3) is 22.3 Å². The zero-order chi connectivity index (χ0) is 19.5. The second-order valence-corrected chi connectivity index (χ2v) is 7.58. The molecule has 3 aromatic rings. The summed E-state index contributed by atoms with van der Waals surface area (Å²) >= 11 is 0. The van der Waals surface area contributed by atoms with E-state index in [0.29, 0.717) is 5.56 Å². The second-order valence-electron chi connectivity index (χ2n) is 7.58. The Balaban J connectivity index is 1.66. The number of hydrogen-bond acceptors (Lipinski definition) is 1. The third kappa shape index (κ3) is 3.45.